The number of carbonyl (C=O) groups excluding carboxylic acids is 1. The van der Waals surface area contributed by atoms with Crippen LogP contribution in [0.1, 0.15) is 23.2 Å². The fourth-order valence-electron chi connectivity index (χ4n) is 2.96. The summed E-state index contributed by atoms with van der Waals surface area (Å²) in [5.74, 6) is -0.611. The molecule has 3 rings (SSSR count). The van der Waals surface area contributed by atoms with Crippen LogP contribution in [0.25, 0.3) is 0 Å². The highest BCUT2D eigenvalue weighted by Crippen LogP contribution is 2.24. The molecule has 13 heteroatoms. The zero-order valence-electron chi connectivity index (χ0n) is 16.2. The lowest BCUT2D eigenvalue weighted by molar-refractivity contribution is 0.102. The Balaban J connectivity index is 1.76. The van der Waals surface area contributed by atoms with E-state index in [1.807, 2.05) is 0 Å². The molecule has 0 radical (unpaired) electrons. The van der Waals surface area contributed by atoms with Crippen LogP contribution < -0.4 is 19.9 Å². The first-order valence-corrected chi connectivity index (χ1v) is 12.6. The van der Waals surface area contributed by atoms with E-state index in [4.69, 9.17) is 21.5 Å². The lowest BCUT2D eigenvalue weighted by Gasteiger charge is -2.13. The maximum atomic E-state index is 12.7. The molecule has 2 aromatic rings. The van der Waals surface area contributed by atoms with E-state index >= 15 is 0 Å². The Morgan fingerprint density at radius 3 is 2.55 bits per heavy atom. The third kappa shape index (κ3) is 6.63. The Bertz CT molecular complexity index is 1180. The standard InChI is InChI=1S/C18H21ClN4O6S2/c19-16-7-6-12(9-17(16)30(25,26)21-11-15-5-2-8-29-15)18(24)22-13-3-1-4-14(10-13)23-31(20,27)28/h1,3-4,6-7,9-10,15,21,23H,2,5,8,11H2,(H,22,24)(H2,20,27,28). The molecule has 1 saturated heterocycles. The normalized spacial score (nSPS) is 16.8. The lowest BCUT2D eigenvalue weighted by atomic mass is 10.2. The Hall–Kier alpha value is -2.22. The smallest absolute Gasteiger partial charge is 0.296 e. The number of rotatable bonds is 8. The van der Waals surface area contributed by atoms with Gasteiger partial charge in [0.25, 0.3) is 16.1 Å². The van der Waals surface area contributed by atoms with Crippen LogP contribution >= 0.6 is 11.6 Å². The average molecular weight is 489 g/mol. The van der Waals surface area contributed by atoms with E-state index in [2.05, 4.69) is 14.8 Å². The van der Waals surface area contributed by atoms with Crippen molar-refractivity contribution in [1.29, 1.82) is 0 Å². The molecule has 1 aliphatic heterocycles. The Morgan fingerprint density at radius 2 is 1.87 bits per heavy atom. The van der Waals surface area contributed by atoms with Gasteiger partial charge in [0.1, 0.15) is 4.90 Å². The highest BCUT2D eigenvalue weighted by atomic mass is 35.5. The average Bonchev–Trinajstić information content (AvgIpc) is 3.19. The molecule has 0 spiro atoms. The van der Waals surface area contributed by atoms with Crippen LogP contribution in [0.2, 0.25) is 5.02 Å². The lowest BCUT2D eigenvalue weighted by Crippen LogP contribution is -2.32. The summed E-state index contributed by atoms with van der Waals surface area (Å²) >= 11 is 6.06. The molecule has 0 bridgehead atoms. The summed E-state index contributed by atoms with van der Waals surface area (Å²) in [5, 5.41) is 7.47. The second kappa shape index (κ2) is 9.51. The second-order valence-electron chi connectivity index (χ2n) is 6.81. The van der Waals surface area contributed by atoms with Crippen LogP contribution in [0.4, 0.5) is 11.4 Å². The number of anilines is 2. The van der Waals surface area contributed by atoms with E-state index in [9.17, 15) is 21.6 Å². The molecule has 1 fully saturated rings. The first-order valence-electron chi connectivity index (χ1n) is 9.16. The summed E-state index contributed by atoms with van der Waals surface area (Å²) in [4.78, 5) is 12.4. The maximum absolute atomic E-state index is 12.7. The van der Waals surface area contributed by atoms with Crippen molar-refractivity contribution in [2.24, 2.45) is 5.14 Å². The van der Waals surface area contributed by atoms with Crippen LogP contribution in [-0.2, 0) is 25.0 Å². The monoisotopic (exact) mass is 488 g/mol. The quantitative estimate of drug-likeness (QED) is 0.442. The first kappa shape index (κ1) is 23.4. The van der Waals surface area contributed by atoms with E-state index in [0.29, 0.717) is 6.61 Å². The van der Waals surface area contributed by atoms with Gasteiger partial charge in [0.2, 0.25) is 10.0 Å². The summed E-state index contributed by atoms with van der Waals surface area (Å²) in [5.41, 5.74) is 0.471. The predicted octanol–water partition coefficient (Wildman–Crippen LogP) is 1.66. The van der Waals surface area contributed by atoms with Gasteiger partial charge >= 0.3 is 0 Å². The molecule has 5 N–H and O–H groups in total. The molecule has 1 heterocycles. The largest absolute Gasteiger partial charge is 0.377 e. The number of nitrogens with one attached hydrogen (secondary N) is 3. The molecule has 1 unspecified atom stereocenters. The van der Waals surface area contributed by atoms with Crippen molar-refractivity contribution >= 4 is 49.1 Å². The molecule has 10 nitrogen and oxygen atoms in total. The zero-order chi connectivity index (χ0) is 22.6. The van der Waals surface area contributed by atoms with E-state index in [1.165, 1.54) is 42.5 Å². The Labute approximate surface area is 185 Å². The molecular weight excluding hydrogens is 468 g/mol. The fourth-order valence-corrected chi connectivity index (χ4v) is 5.01. The number of nitrogens with two attached hydrogens (primary N) is 1. The Kier molecular flexibility index (Phi) is 7.19. The molecule has 168 valence electrons. The van der Waals surface area contributed by atoms with Gasteiger partial charge in [-0.2, -0.15) is 8.42 Å². The number of ether oxygens (including phenoxy) is 1. The van der Waals surface area contributed by atoms with Crippen LogP contribution in [0.3, 0.4) is 0 Å². The molecule has 0 aliphatic carbocycles. The van der Waals surface area contributed by atoms with Gasteiger partial charge in [-0.05, 0) is 49.2 Å². The minimum Gasteiger partial charge on any atom is -0.377 e. The first-order chi connectivity index (χ1) is 14.5. The predicted molar refractivity (Wildman–Crippen MR) is 117 cm³/mol. The molecule has 1 amide bonds. The van der Waals surface area contributed by atoms with Gasteiger partial charge in [-0.3, -0.25) is 9.52 Å². The number of amides is 1. The van der Waals surface area contributed by atoms with Crippen molar-refractivity contribution < 1.29 is 26.4 Å². The van der Waals surface area contributed by atoms with Crippen molar-refractivity contribution in [3.05, 3.63) is 53.1 Å². The molecule has 31 heavy (non-hydrogen) atoms. The minimum absolute atomic E-state index is 0.0317. The maximum Gasteiger partial charge on any atom is 0.296 e. The zero-order valence-corrected chi connectivity index (χ0v) is 18.6. The topological polar surface area (TPSA) is 157 Å². The number of benzene rings is 2. The van der Waals surface area contributed by atoms with Crippen LogP contribution in [0.5, 0.6) is 0 Å². The van der Waals surface area contributed by atoms with Crippen molar-refractivity contribution in [3.63, 3.8) is 0 Å². The summed E-state index contributed by atoms with van der Waals surface area (Å²) in [6, 6.07) is 9.71. The summed E-state index contributed by atoms with van der Waals surface area (Å²) in [7, 11) is -7.94. The SMILES string of the molecule is NS(=O)(=O)Nc1cccc(NC(=O)c2ccc(Cl)c(S(=O)(=O)NCC3CCCO3)c2)c1. The van der Waals surface area contributed by atoms with Gasteiger partial charge in [-0.1, -0.05) is 17.7 Å². The van der Waals surface area contributed by atoms with Gasteiger partial charge in [-0.15, -0.1) is 0 Å². The summed E-state index contributed by atoms with van der Waals surface area (Å²) in [6.07, 6.45) is 1.44. The van der Waals surface area contributed by atoms with E-state index in [1.54, 1.807) is 0 Å². The van der Waals surface area contributed by atoms with E-state index < -0.39 is 26.1 Å². The second-order valence-corrected chi connectivity index (χ2v) is 10.3. The van der Waals surface area contributed by atoms with Gasteiger partial charge in [0.05, 0.1) is 16.8 Å². The summed E-state index contributed by atoms with van der Waals surface area (Å²) in [6.45, 7) is 0.704. The number of carbonyl (C=O) groups is 1. The number of hydrogen-bond acceptors (Lipinski definition) is 6. The van der Waals surface area contributed by atoms with Gasteiger partial charge in [0, 0.05) is 24.4 Å². The van der Waals surface area contributed by atoms with Crippen molar-refractivity contribution in [1.82, 2.24) is 4.72 Å². The van der Waals surface area contributed by atoms with Gasteiger partial charge in [0.15, 0.2) is 0 Å². The van der Waals surface area contributed by atoms with Crippen molar-refractivity contribution in [3.8, 4) is 0 Å². The van der Waals surface area contributed by atoms with E-state index in [-0.39, 0.29) is 39.5 Å². The van der Waals surface area contributed by atoms with Crippen molar-refractivity contribution in [2.45, 2.75) is 23.8 Å². The molecule has 1 aliphatic rings. The highest BCUT2D eigenvalue weighted by molar-refractivity contribution is 7.90. The van der Waals surface area contributed by atoms with Crippen LogP contribution in [0.15, 0.2) is 47.4 Å². The number of sulfonamides is 1. The number of hydrogen-bond donors (Lipinski definition) is 4. The molecule has 2 aromatic carbocycles. The third-order valence-corrected chi connectivity index (χ3v) is 6.81. The fraction of sp³-hybridized carbons (Fsp3) is 0.278. The van der Waals surface area contributed by atoms with Gasteiger partial charge in [-0.25, -0.2) is 18.3 Å². The van der Waals surface area contributed by atoms with Crippen LogP contribution in [0, 0.1) is 0 Å². The number of halogens is 1. The minimum atomic E-state index is -3.97. The summed E-state index contributed by atoms with van der Waals surface area (Å²) < 4.78 is 57.6. The molecule has 1 atom stereocenters. The molecule has 0 saturated carbocycles. The van der Waals surface area contributed by atoms with Crippen molar-refractivity contribution in [2.75, 3.05) is 23.2 Å². The highest BCUT2D eigenvalue weighted by Gasteiger charge is 2.23. The molecular formula is C18H21ClN4O6S2. The molecule has 0 aromatic heterocycles. The Morgan fingerprint density at radius 1 is 1.13 bits per heavy atom. The van der Waals surface area contributed by atoms with E-state index in [0.717, 1.165) is 12.8 Å². The van der Waals surface area contributed by atoms with Gasteiger partial charge < -0.3 is 10.1 Å². The third-order valence-electron chi connectivity index (χ3n) is 4.39. The van der Waals surface area contributed by atoms with Crippen LogP contribution in [-0.4, -0.2) is 42.0 Å².